The van der Waals surface area contributed by atoms with E-state index in [0.717, 1.165) is 10.2 Å². The predicted octanol–water partition coefficient (Wildman–Crippen LogP) is 12.1. The molecule has 9 rings (SSSR count). The summed E-state index contributed by atoms with van der Waals surface area (Å²) in [5, 5.41) is 1.24. The molecule has 222 valence electrons. The average Bonchev–Trinajstić information content (AvgIpc) is 3.63. The molecule has 1 nitrogen and oxygen atoms in total. The SMILES string of the molecule is Brc1ccc2c(c1)C(c1ccccc1)(c1ccccc1)c1cc(-n3c(-c4ccccc4)c(-c4ccccc4)c4ccccc43)ccc1-2. The Morgan fingerprint density at radius 1 is 0.447 bits per heavy atom. The van der Waals surface area contributed by atoms with E-state index in [2.05, 4.69) is 202 Å². The molecule has 0 N–H and O–H groups in total. The molecule has 2 heteroatoms. The maximum Gasteiger partial charge on any atom is 0.0714 e. The molecule has 0 radical (unpaired) electrons. The Balaban J connectivity index is 1.41. The fraction of sp³-hybridized carbons (Fsp3) is 0.0222. The zero-order valence-electron chi connectivity index (χ0n) is 25.6. The van der Waals surface area contributed by atoms with Gasteiger partial charge in [-0.2, -0.15) is 0 Å². The molecule has 1 heterocycles. The van der Waals surface area contributed by atoms with Gasteiger partial charge in [0.15, 0.2) is 0 Å². The molecular weight excluding hydrogens is 634 g/mol. The van der Waals surface area contributed by atoms with Crippen molar-refractivity contribution in [2.45, 2.75) is 5.41 Å². The third-order valence-corrected chi connectivity index (χ3v) is 10.2. The highest BCUT2D eigenvalue weighted by molar-refractivity contribution is 9.10. The third-order valence-electron chi connectivity index (χ3n) is 9.74. The van der Waals surface area contributed by atoms with Crippen LogP contribution in [0.2, 0.25) is 0 Å². The number of rotatable bonds is 5. The third kappa shape index (κ3) is 4.22. The van der Waals surface area contributed by atoms with Gasteiger partial charge in [-0.05, 0) is 74.8 Å². The second kappa shape index (κ2) is 11.1. The van der Waals surface area contributed by atoms with Gasteiger partial charge in [-0.15, -0.1) is 0 Å². The molecule has 0 saturated carbocycles. The Labute approximate surface area is 283 Å². The second-order valence-electron chi connectivity index (χ2n) is 12.2. The van der Waals surface area contributed by atoms with Crippen molar-refractivity contribution in [3.8, 4) is 39.2 Å². The van der Waals surface area contributed by atoms with Gasteiger partial charge in [-0.1, -0.05) is 168 Å². The number of hydrogen-bond donors (Lipinski definition) is 0. The van der Waals surface area contributed by atoms with Crippen molar-refractivity contribution in [2.24, 2.45) is 0 Å². The van der Waals surface area contributed by atoms with Crippen LogP contribution in [0.5, 0.6) is 0 Å². The lowest BCUT2D eigenvalue weighted by Gasteiger charge is -2.34. The molecular formula is C45H30BrN. The summed E-state index contributed by atoms with van der Waals surface area (Å²) in [5.41, 5.74) is 14.3. The Bertz CT molecular complexity index is 2350. The van der Waals surface area contributed by atoms with Crippen LogP contribution in [-0.4, -0.2) is 4.57 Å². The molecule has 8 aromatic rings. The number of fused-ring (bicyclic) bond motifs is 4. The van der Waals surface area contributed by atoms with Gasteiger partial charge in [0.25, 0.3) is 0 Å². The van der Waals surface area contributed by atoms with Crippen LogP contribution in [0.25, 0.3) is 50.1 Å². The summed E-state index contributed by atoms with van der Waals surface area (Å²) in [6.45, 7) is 0. The monoisotopic (exact) mass is 663 g/mol. The van der Waals surface area contributed by atoms with Crippen molar-refractivity contribution in [2.75, 3.05) is 0 Å². The van der Waals surface area contributed by atoms with Crippen molar-refractivity contribution in [1.29, 1.82) is 0 Å². The highest BCUT2D eigenvalue weighted by atomic mass is 79.9. The van der Waals surface area contributed by atoms with Crippen LogP contribution in [0.4, 0.5) is 0 Å². The molecule has 1 aliphatic carbocycles. The van der Waals surface area contributed by atoms with E-state index in [1.165, 1.54) is 66.7 Å². The van der Waals surface area contributed by atoms with Crippen molar-refractivity contribution in [1.82, 2.24) is 4.57 Å². The maximum absolute atomic E-state index is 3.84. The molecule has 1 aliphatic rings. The molecule has 0 unspecified atom stereocenters. The normalized spacial score (nSPS) is 13.0. The molecule has 0 bridgehead atoms. The minimum Gasteiger partial charge on any atom is -0.309 e. The van der Waals surface area contributed by atoms with Gasteiger partial charge < -0.3 is 4.57 Å². The van der Waals surface area contributed by atoms with Gasteiger partial charge in [-0.25, -0.2) is 0 Å². The van der Waals surface area contributed by atoms with Crippen molar-refractivity contribution < 1.29 is 0 Å². The zero-order chi connectivity index (χ0) is 31.4. The Kier molecular flexibility index (Phi) is 6.58. The highest BCUT2D eigenvalue weighted by Gasteiger charge is 2.46. The van der Waals surface area contributed by atoms with Crippen LogP contribution in [0.3, 0.4) is 0 Å². The summed E-state index contributed by atoms with van der Waals surface area (Å²) in [6.07, 6.45) is 0. The summed E-state index contributed by atoms with van der Waals surface area (Å²) in [7, 11) is 0. The molecule has 1 aromatic heterocycles. The van der Waals surface area contributed by atoms with Gasteiger partial charge >= 0.3 is 0 Å². The van der Waals surface area contributed by atoms with Gasteiger partial charge in [0.2, 0.25) is 0 Å². The first-order chi connectivity index (χ1) is 23.2. The number of halogens is 1. The van der Waals surface area contributed by atoms with Gasteiger partial charge in [-0.3, -0.25) is 0 Å². The number of hydrogen-bond acceptors (Lipinski definition) is 0. The molecule has 47 heavy (non-hydrogen) atoms. The van der Waals surface area contributed by atoms with Crippen LogP contribution >= 0.6 is 15.9 Å². The zero-order valence-corrected chi connectivity index (χ0v) is 27.2. The van der Waals surface area contributed by atoms with E-state index < -0.39 is 5.41 Å². The first kappa shape index (κ1) is 27.8. The van der Waals surface area contributed by atoms with Crippen molar-refractivity contribution >= 4 is 26.8 Å². The first-order valence-electron chi connectivity index (χ1n) is 16.1. The summed E-state index contributed by atoms with van der Waals surface area (Å²) < 4.78 is 3.56. The van der Waals surface area contributed by atoms with Crippen molar-refractivity contribution in [3.63, 3.8) is 0 Å². The lowest BCUT2D eigenvalue weighted by molar-refractivity contribution is 0.767. The molecule has 0 atom stereocenters. The highest BCUT2D eigenvalue weighted by Crippen LogP contribution is 2.57. The summed E-state index contributed by atoms with van der Waals surface area (Å²) >= 11 is 3.84. The fourth-order valence-corrected chi connectivity index (χ4v) is 8.22. The quantitative estimate of drug-likeness (QED) is 0.173. The Hall–Kier alpha value is -5.44. The van der Waals surface area contributed by atoms with Gasteiger partial charge in [0.1, 0.15) is 0 Å². The lowest BCUT2D eigenvalue weighted by Crippen LogP contribution is -2.28. The topological polar surface area (TPSA) is 4.93 Å². The average molecular weight is 665 g/mol. The van der Waals surface area contributed by atoms with E-state index in [1.807, 2.05) is 0 Å². The summed E-state index contributed by atoms with van der Waals surface area (Å²) in [6, 6.07) is 66.4. The second-order valence-corrected chi connectivity index (χ2v) is 13.1. The molecule has 0 fully saturated rings. The maximum atomic E-state index is 3.84. The van der Waals surface area contributed by atoms with Gasteiger partial charge in [0, 0.05) is 21.1 Å². The number of para-hydroxylation sites is 1. The standard InChI is InChI=1S/C45H30BrN/c46-35-25-27-37-38-28-26-36(30-41(38)45(40(37)29-35,33-19-9-3-10-20-33)34-21-11-4-12-22-34)47-42-24-14-13-23-39(42)43(31-15-5-1-6-16-31)44(47)32-17-7-2-8-18-32/h1-30H. The Morgan fingerprint density at radius 2 is 0.957 bits per heavy atom. The largest absolute Gasteiger partial charge is 0.309 e. The number of aromatic nitrogens is 1. The van der Waals surface area contributed by atoms with E-state index in [0.29, 0.717) is 0 Å². The van der Waals surface area contributed by atoms with E-state index in [1.54, 1.807) is 0 Å². The van der Waals surface area contributed by atoms with Crippen molar-refractivity contribution in [3.05, 3.63) is 209 Å². The fourth-order valence-electron chi connectivity index (χ4n) is 7.86. The minimum absolute atomic E-state index is 0.495. The van der Waals surface area contributed by atoms with Crippen LogP contribution in [-0.2, 0) is 5.41 Å². The molecule has 0 amide bonds. The molecule has 7 aromatic carbocycles. The molecule has 0 spiro atoms. The summed E-state index contributed by atoms with van der Waals surface area (Å²) in [4.78, 5) is 0. The first-order valence-corrected chi connectivity index (χ1v) is 16.8. The predicted molar refractivity (Wildman–Crippen MR) is 199 cm³/mol. The smallest absolute Gasteiger partial charge is 0.0714 e. The molecule has 0 aliphatic heterocycles. The van der Waals surface area contributed by atoms with E-state index in [9.17, 15) is 0 Å². The van der Waals surface area contributed by atoms with E-state index in [4.69, 9.17) is 0 Å². The minimum atomic E-state index is -0.495. The molecule has 0 saturated heterocycles. The summed E-state index contributed by atoms with van der Waals surface area (Å²) in [5.74, 6) is 0. The van der Waals surface area contributed by atoms with Crippen LogP contribution in [0, 0.1) is 0 Å². The van der Waals surface area contributed by atoms with Crippen LogP contribution in [0.1, 0.15) is 22.3 Å². The Morgan fingerprint density at radius 3 is 1.60 bits per heavy atom. The van der Waals surface area contributed by atoms with Crippen LogP contribution < -0.4 is 0 Å². The number of nitrogens with zero attached hydrogens (tertiary/aromatic N) is 1. The van der Waals surface area contributed by atoms with Crippen LogP contribution in [0.15, 0.2) is 186 Å². The van der Waals surface area contributed by atoms with Gasteiger partial charge in [0.05, 0.1) is 16.6 Å². The number of benzene rings is 7. The van der Waals surface area contributed by atoms with E-state index >= 15 is 0 Å². The lowest BCUT2D eigenvalue weighted by atomic mass is 9.67. The van der Waals surface area contributed by atoms with E-state index in [-0.39, 0.29) is 0 Å².